The number of aromatic nitrogens is 2. The molecule has 0 N–H and O–H groups in total. The summed E-state index contributed by atoms with van der Waals surface area (Å²) in [5, 5.41) is 4.14. The number of hydrogen-bond acceptors (Lipinski definition) is 2. The Balaban J connectivity index is 2.91. The molecule has 0 unspecified atom stereocenters. The third-order valence-corrected chi connectivity index (χ3v) is 2.38. The van der Waals surface area contributed by atoms with Crippen LogP contribution in [-0.2, 0) is 6.54 Å². The molecule has 0 aromatic carbocycles. The fourth-order valence-electron chi connectivity index (χ4n) is 1.46. The van der Waals surface area contributed by atoms with Crippen LogP contribution < -0.4 is 0 Å². The largest absolute Gasteiger partial charge is 0.338 e. The van der Waals surface area contributed by atoms with Gasteiger partial charge in [0.25, 0.3) is 5.91 Å². The highest BCUT2D eigenvalue weighted by molar-refractivity contribution is 5.94. The Hall–Kier alpha value is -1.58. The van der Waals surface area contributed by atoms with Crippen LogP contribution in [0, 0.1) is 6.92 Å². The van der Waals surface area contributed by atoms with Crippen molar-refractivity contribution in [2.75, 3.05) is 13.6 Å². The summed E-state index contributed by atoms with van der Waals surface area (Å²) in [7, 11) is 1.76. The van der Waals surface area contributed by atoms with Crippen molar-refractivity contribution < 1.29 is 4.79 Å². The molecule has 82 valence electrons. The first kappa shape index (κ1) is 11.5. The number of carbonyl (C=O) groups excluding carboxylic acids is 1. The first-order chi connectivity index (χ1) is 7.11. The van der Waals surface area contributed by atoms with Gasteiger partial charge in [0.05, 0.1) is 11.8 Å². The van der Waals surface area contributed by atoms with E-state index in [4.69, 9.17) is 0 Å². The third-order valence-electron chi connectivity index (χ3n) is 2.38. The standard InChI is InChI=1S/C11H17N3O/c1-5-7-13(4)11(15)10-8-12-14(6-2)9(10)3/h5,8H,1,6-7H2,2-4H3. The summed E-state index contributed by atoms with van der Waals surface area (Å²) in [5.41, 5.74) is 1.58. The van der Waals surface area contributed by atoms with Crippen LogP contribution in [0.15, 0.2) is 18.9 Å². The van der Waals surface area contributed by atoms with Gasteiger partial charge >= 0.3 is 0 Å². The average molecular weight is 207 g/mol. The van der Waals surface area contributed by atoms with E-state index in [1.54, 1.807) is 24.2 Å². The van der Waals surface area contributed by atoms with E-state index in [-0.39, 0.29) is 5.91 Å². The van der Waals surface area contributed by atoms with Gasteiger partial charge in [0.2, 0.25) is 0 Å². The molecule has 0 bridgehead atoms. The van der Waals surface area contributed by atoms with Crippen molar-refractivity contribution in [1.82, 2.24) is 14.7 Å². The molecule has 0 aliphatic rings. The summed E-state index contributed by atoms with van der Waals surface area (Å²) in [4.78, 5) is 13.5. The van der Waals surface area contributed by atoms with Gasteiger partial charge in [0, 0.05) is 25.8 Å². The Morgan fingerprint density at radius 3 is 2.87 bits per heavy atom. The first-order valence-corrected chi connectivity index (χ1v) is 5.00. The fourth-order valence-corrected chi connectivity index (χ4v) is 1.46. The molecule has 1 heterocycles. The summed E-state index contributed by atoms with van der Waals surface area (Å²) in [6, 6.07) is 0. The Morgan fingerprint density at radius 1 is 1.73 bits per heavy atom. The van der Waals surface area contributed by atoms with Crippen LogP contribution in [0.5, 0.6) is 0 Å². The lowest BCUT2D eigenvalue weighted by Gasteiger charge is -2.14. The van der Waals surface area contributed by atoms with Gasteiger partial charge in [-0.05, 0) is 13.8 Å². The SMILES string of the molecule is C=CCN(C)C(=O)c1cnn(CC)c1C. The maximum absolute atomic E-state index is 11.9. The van der Waals surface area contributed by atoms with E-state index in [2.05, 4.69) is 11.7 Å². The Kier molecular flexibility index (Phi) is 3.66. The molecule has 0 saturated heterocycles. The monoisotopic (exact) mass is 207 g/mol. The van der Waals surface area contributed by atoms with Gasteiger partial charge in [0.1, 0.15) is 0 Å². The molecule has 15 heavy (non-hydrogen) atoms. The van der Waals surface area contributed by atoms with E-state index < -0.39 is 0 Å². The second kappa shape index (κ2) is 4.77. The van der Waals surface area contributed by atoms with Gasteiger partial charge in [-0.3, -0.25) is 9.48 Å². The molecule has 0 atom stereocenters. The van der Waals surface area contributed by atoms with Crippen LogP contribution in [0.3, 0.4) is 0 Å². The summed E-state index contributed by atoms with van der Waals surface area (Å²) < 4.78 is 1.81. The van der Waals surface area contributed by atoms with Gasteiger partial charge in [-0.2, -0.15) is 5.10 Å². The maximum Gasteiger partial charge on any atom is 0.257 e. The zero-order valence-electron chi connectivity index (χ0n) is 9.53. The molecule has 0 spiro atoms. The predicted molar refractivity (Wildman–Crippen MR) is 59.8 cm³/mol. The lowest BCUT2D eigenvalue weighted by Crippen LogP contribution is -2.27. The lowest BCUT2D eigenvalue weighted by molar-refractivity contribution is 0.0809. The first-order valence-electron chi connectivity index (χ1n) is 5.00. The van der Waals surface area contributed by atoms with Gasteiger partial charge < -0.3 is 4.90 Å². The van der Waals surface area contributed by atoms with Crippen LogP contribution in [-0.4, -0.2) is 34.2 Å². The van der Waals surface area contributed by atoms with Crippen LogP contribution in [0.2, 0.25) is 0 Å². The predicted octanol–water partition coefficient (Wildman–Crippen LogP) is 1.47. The van der Waals surface area contributed by atoms with Gasteiger partial charge in [-0.15, -0.1) is 6.58 Å². The molecule has 4 nitrogen and oxygen atoms in total. The summed E-state index contributed by atoms with van der Waals surface area (Å²) in [5.74, 6) is -0.00731. The molecule has 0 fully saturated rings. The minimum atomic E-state index is -0.00731. The van der Waals surface area contributed by atoms with Crippen molar-refractivity contribution in [3.05, 3.63) is 30.1 Å². The van der Waals surface area contributed by atoms with Crippen LogP contribution >= 0.6 is 0 Å². The van der Waals surface area contributed by atoms with Crippen molar-refractivity contribution in [3.8, 4) is 0 Å². The molecular formula is C11H17N3O. The minimum Gasteiger partial charge on any atom is -0.338 e. The van der Waals surface area contributed by atoms with Crippen molar-refractivity contribution in [2.45, 2.75) is 20.4 Å². The van der Waals surface area contributed by atoms with E-state index in [9.17, 15) is 4.79 Å². The second-order valence-electron chi connectivity index (χ2n) is 3.43. The number of rotatable bonds is 4. The maximum atomic E-state index is 11.9. The van der Waals surface area contributed by atoms with Crippen LogP contribution in [0.4, 0.5) is 0 Å². The van der Waals surface area contributed by atoms with E-state index in [1.807, 2.05) is 18.5 Å². The van der Waals surface area contributed by atoms with Gasteiger partial charge in [-0.1, -0.05) is 6.08 Å². The Labute approximate surface area is 90.2 Å². The molecule has 0 radical (unpaired) electrons. The Morgan fingerprint density at radius 2 is 2.40 bits per heavy atom. The zero-order valence-corrected chi connectivity index (χ0v) is 9.53. The number of likely N-dealkylation sites (N-methyl/N-ethyl adjacent to an activating group) is 1. The molecule has 0 aliphatic heterocycles. The van der Waals surface area contributed by atoms with E-state index in [1.165, 1.54) is 0 Å². The molecule has 1 aromatic rings. The molecule has 1 amide bonds. The smallest absolute Gasteiger partial charge is 0.257 e. The number of aryl methyl sites for hydroxylation is 1. The molecule has 4 heteroatoms. The van der Waals surface area contributed by atoms with Crippen molar-refractivity contribution in [1.29, 1.82) is 0 Å². The third kappa shape index (κ3) is 2.26. The van der Waals surface area contributed by atoms with Crippen molar-refractivity contribution in [3.63, 3.8) is 0 Å². The molecule has 0 aliphatic carbocycles. The summed E-state index contributed by atoms with van der Waals surface area (Å²) in [6.07, 6.45) is 3.33. The number of nitrogens with zero attached hydrogens (tertiary/aromatic N) is 3. The quantitative estimate of drug-likeness (QED) is 0.701. The second-order valence-corrected chi connectivity index (χ2v) is 3.43. The van der Waals surface area contributed by atoms with Crippen LogP contribution in [0.1, 0.15) is 23.0 Å². The van der Waals surface area contributed by atoms with Crippen molar-refractivity contribution >= 4 is 5.91 Å². The molecular weight excluding hydrogens is 190 g/mol. The van der Waals surface area contributed by atoms with Gasteiger partial charge in [-0.25, -0.2) is 0 Å². The van der Waals surface area contributed by atoms with Gasteiger partial charge in [0.15, 0.2) is 0 Å². The minimum absolute atomic E-state index is 0.00731. The zero-order chi connectivity index (χ0) is 11.4. The highest BCUT2D eigenvalue weighted by atomic mass is 16.2. The lowest BCUT2D eigenvalue weighted by atomic mass is 10.2. The molecule has 1 aromatic heterocycles. The van der Waals surface area contributed by atoms with E-state index >= 15 is 0 Å². The number of amides is 1. The highest BCUT2D eigenvalue weighted by Gasteiger charge is 2.16. The molecule has 1 rings (SSSR count). The molecule has 0 saturated carbocycles. The topological polar surface area (TPSA) is 38.1 Å². The highest BCUT2D eigenvalue weighted by Crippen LogP contribution is 2.09. The van der Waals surface area contributed by atoms with E-state index in [0.717, 1.165) is 12.2 Å². The normalized spacial score (nSPS) is 10.1. The average Bonchev–Trinajstić information content (AvgIpc) is 2.59. The summed E-state index contributed by atoms with van der Waals surface area (Å²) >= 11 is 0. The summed E-state index contributed by atoms with van der Waals surface area (Å²) in [6.45, 7) is 8.85. The van der Waals surface area contributed by atoms with E-state index in [0.29, 0.717) is 12.1 Å². The van der Waals surface area contributed by atoms with Crippen LogP contribution in [0.25, 0.3) is 0 Å². The van der Waals surface area contributed by atoms with Crippen molar-refractivity contribution in [2.24, 2.45) is 0 Å². The number of carbonyl (C=O) groups is 1. The fraction of sp³-hybridized carbons (Fsp3) is 0.455. The Bertz CT molecular complexity index is 368. The number of hydrogen-bond donors (Lipinski definition) is 0.